The second-order valence-corrected chi connectivity index (χ2v) is 4.83. The first-order valence-corrected chi connectivity index (χ1v) is 6.00. The molecule has 2 rings (SSSR count). The van der Waals surface area contributed by atoms with Crippen molar-refractivity contribution in [2.45, 2.75) is 19.9 Å². The van der Waals surface area contributed by atoms with Gasteiger partial charge in [-0.3, -0.25) is 14.9 Å². The van der Waals surface area contributed by atoms with Crippen LogP contribution in [0.3, 0.4) is 0 Å². The Morgan fingerprint density at radius 1 is 1.47 bits per heavy atom. The number of amides is 1. The molecule has 1 aromatic rings. The molecule has 0 atom stereocenters. The van der Waals surface area contributed by atoms with Gasteiger partial charge in [0.15, 0.2) is 0 Å². The molecule has 1 amide bonds. The third-order valence-corrected chi connectivity index (χ3v) is 3.71. The maximum absolute atomic E-state index is 11.3. The van der Waals surface area contributed by atoms with Crippen LogP contribution in [0.5, 0.6) is 0 Å². The fourth-order valence-electron chi connectivity index (χ4n) is 2.06. The van der Waals surface area contributed by atoms with Gasteiger partial charge < -0.3 is 4.90 Å². The molecule has 6 heteroatoms. The van der Waals surface area contributed by atoms with E-state index in [0.29, 0.717) is 25.1 Å². The molecular weight excluding hydrogens is 288 g/mol. The lowest BCUT2D eigenvalue weighted by molar-refractivity contribution is -0.385. The molecular formula is C11H11BrN2O3. The van der Waals surface area contributed by atoms with Gasteiger partial charge in [0, 0.05) is 24.0 Å². The predicted molar refractivity (Wildman–Crippen MR) is 65.6 cm³/mol. The van der Waals surface area contributed by atoms with E-state index in [-0.39, 0.29) is 11.6 Å². The van der Waals surface area contributed by atoms with Crippen molar-refractivity contribution < 1.29 is 9.72 Å². The second kappa shape index (κ2) is 4.44. The Hall–Kier alpha value is -1.43. The molecule has 0 unspecified atom stereocenters. The van der Waals surface area contributed by atoms with E-state index in [0.717, 1.165) is 10.0 Å². The summed E-state index contributed by atoms with van der Waals surface area (Å²) < 4.78 is 0.876. The van der Waals surface area contributed by atoms with Crippen LogP contribution >= 0.6 is 15.9 Å². The molecule has 90 valence electrons. The predicted octanol–water partition coefficient (Wildman–Crippen LogP) is 2.26. The Kier molecular flexibility index (Phi) is 3.15. The summed E-state index contributed by atoms with van der Waals surface area (Å²) in [6.07, 6.45) is 0.650. The zero-order valence-corrected chi connectivity index (χ0v) is 10.9. The summed E-state index contributed by atoms with van der Waals surface area (Å²) >= 11 is 3.40. The Morgan fingerprint density at radius 3 is 2.76 bits per heavy atom. The first-order chi connectivity index (χ1) is 8.00. The van der Waals surface area contributed by atoms with E-state index in [1.54, 1.807) is 11.0 Å². The lowest BCUT2D eigenvalue weighted by Crippen LogP contribution is -2.34. The highest BCUT2D eigenvalue weighted by atomic mass is 79.9. The summed E-state index contributed by atoms with van der Waals surface area (Å²) in [4.78, 5) is 23.5. The van der Waals surface area contributed by atoms with E-state index < -0.39 is 4.92 Å². The average Bonchev–Trinajstić information content (AvgIpc) is 2.28. The monoisotopic (exact) mass is 298 g/mol. The smallest absolute Gasteiger partial charge is 0.274 e. The lowest BCUT2D eigenvalue weighted by Gasteiger charge is -2.28. The molecule has 0 N–H and O–H groups in total. The number of hydrogen-bond donors (Lipinski definition) is 0. The number of nitro groups is 1. The topological polar surface area (TPSA) is 63.5 Å². The number of hydrogen-bond acceptors (Lipinski definition) is 3. The van der Waals surface area contributed by atoms with Gasteiger partial charge in [-0.2, -0.15) is 0 Å². The largest absolute Gasteiger partial charge is 0.338 e. The van der Waals surface area contributed by atoms with Crippen LogP contribution in [0.25, 0.3) is 0 Å². The number of halogens is 1. The minimum absolute atomic E-state index is 0.0510. The summed E-state index contributed by atoms with van der Waals surface area (Å²) in [6.45, 7) is 2.41. The quantitative estimate of drug-likeness (QED) is 0.590. The minimum atomic E-state index is -0.394. The number of rotatable bonds is 1. The molecule has 1 aliphatic rings. The molecule has 5 nitrogen and oxygen atoms in total. The summed E-state index contributed by atoms with van der Waals surface area (Å²) in [7, 11) is 0. The number of nitrogens with zero attached hydrogens (tertiary/aromatic N) is 2. The van der Waals surface area contributed by atoms with Crippen molar-refractivity contribution in [3.05, 3.63) is 37.8 Å². The normalized spacial score (nSPS) is 14.4. The Bertz CT molecular complexity index is 502. The maximum Gasteiger partial charge on any atom is 0.274 e. The first kappa shape index (κ1) is 12.0. The van der Waals surface area contributed by atoms with E-state index in [9.17, 15) is 14.9 Å². The van der Waals surface area contributed by atoms with Gasteiger partial charge in [-0.1, -0.05) is 15.9 Å². The fraction of sp³-hybridized carbons (Fsp3) is 0.364. The van der Waals surface area contributed by atoms with E-state index >= 15 is 0 Å². The van der Waals surface area contributed by atoms with Crippen LogP contribution < -0.4 is 0 Å². The van der Waals surface area contributed by atoms with Gasteiger partial charge in [0.2, 0.25) is 5.91 Å². The number of carbonyl (C=O) groups excluding carboxylic acids is 1. The molecule has 1 aliphatic heterocycles. The number of fused-ring (bicyclic) bond motifs is 1. The van der Waals surface area contributed by atoms with Gasteiger partial charge in [0.05, 0.1) is 17.0 Å². The molecule has 17 heavy (non-hydrogen) atoms. The molecule has 0 saturated carbocycles. The van der Waals surface area contributed by atoms with Crippen LogP contribution in [0, 0.1) is 10.1 Å². The first-order valence-electron chi connectivity index (χ1n) is 5.21. The number of carbonyl (C=O) groups is 1. The van der Waals surface area contributed by atoms with Gasteiger partial charge in [-0.25, -0.2) is 0 Å². The van der Waals surface area contributed by atoms with E-state index in [1.807, 2.05) is 0 Å². The summed E-state index contributed by atoms with van der Waals surface area (Å²) in [5.41, 5.74) is 1.68. The Balaban J connectivity index is 2.49. The standard InChI is InChI=1S/C11H11BrN2O3/c1-7(15)13-5-4-8-9(6-13)11(14(16)17)3-2-10(8)12/h2-3H,4-6H2,1H3. The highest BCUT2D eigenvalue weighted by Gasteiger charge is 2.27. The second-order valence-electron chi connectivity index (χ2n) is 3.97. The Labute approximate surface area is 107 Å². The van der Waals surface area contributed by atoms with Crippen molar-refractivity contribution in [2.24, 2.45) is 0 Å². The van der Waals surface area contributed by atoms with E-state index in [4.69, 9.17) is 0 Å². The van der Waals surface area contributed by atoms with Gasteiger partial charge in [-0.05, 0) is 18.1 Å². The van der Waals surface area contributed by atoms with Crippen molar-refractivity contribution in [2.75, 3.05) is 6.54 Å². The molecule has 0 saturated heterocycles. The van der Waals surface area contributed by atoms with Crippen LogP contribution in [0.2, 0.25) is 0 Å². The number of nitro benzene ring substituents is 1. The molecule has 0 aromatic heterocycles. The van der Waals surface area contributed by atoms with Crippen LogP contribution in [-0.2, 0) is 17.8 Å². The van der Waals surface area contributed by atoms with E-state index in [2.05, 4.69) is 15.9 Å². The van der Waals surface area contributed by atoms with Crippen molar-refractivity contribution in [3.8, 4) is 0 Å². The maximum atomic E-state index is 11.3. The molecule has 0 spiro atoms. The van der Waals surface area contributed by atoms with Gasteiger partial charge >= 0.3 is 0 Å². The summed E-state index contributed by atoms with van der Waals surface area (Å²) in [5.74, 6) is -0.0510. The van der Waals surface area contributed by atoms with Crippen LogP contribution in [-0.4, -0.2) is 22.3 Å². The van der Waals surface area contributed by atoms with Crippen molar-refractivity contribution >= 4 is 27.5 Å². The zero-order chi connectivity index (χ0) is 12.6. The van der Waals surface area contributed by atoms with Crippen LogP contribution in [0.15, 0.2) is 16.6 Å². The third kappa shape index (κ3) is 2.17. The molecule has 0 radical (unpaired) electrons. The van der Waals surface area contributed by atoms with Crippen LogP contribution in [0.4, 0.5) is 5.69 Å². The highest BCUT2D eigenvalue weighted by Crippen LogP contribution is 2.33. The van der Waals surface area contributed by atoms with Crippen molar-refractivity contribution in [1.29, 1.82) is 0 Å². The van der Waals surface area contributed by atoms with Gasteiger partial charge in [0.25, 0.3) is 5.69 Å². The molecule has 1 aromatic carbocycles. The van der Waals surface area contributed by atoms with Crippen molar-refractivity contribution in [1.82, 2.24) is 4.90 Å². The van der Waals surface area contributed by atoms with E-state index in [1.165, 1.54) is 13.0 Å². The summed E-state index contributed by atoms with van der Waals surface area (Å²) in [5, 5.41) is 10.9. The van der Waals surface area contributed by atoms with Gasteiger partial charge in [-0.15, -0.1) is 0 Å². The number of benzene rings is 1. The zero-order valence-electron chi connectivity index (χ0n) is 9.27. The average molecular weight is 299 g/mol. The highest BCUT2D eigenvalue weighted by molar-refractivity contribution is 9.10. The van der Waals surface area contributed by atoms with Gasteiger partial charge in [0.1, 0.15) is 0 Å². The molecule has 0 fully saturated rings. The minimum Gasteiger partial charge on any atom is -0.338 e. The third-order valence-electron chi connectivity index (χ3n) is 2.97. The fourth-order valence-corrected chi connectivity index (χ4v) is 2.62. The molecule has 0 aliphatic carbocycles. The molecule has 1 heterocycles. The molecule has 0 bridgehead atoms. The van der Waals surface area contributed by atoms with Crippen molar-refractivity contribution in [3.63, 3.8) is 0 Å². The van der Waals surface area contributed by atoms with Crippen LogP contribution in [0.1, 0.15) is 18.1 Å². The lowest BCUT2D eigenvalue weighted by atomic mass is 9.98. The summed E-state index contributed by atoms with van der Waals surface area (Å²) in [6, 6.07) is 3.17. The SMILES string of the molecule is CC(=O)N1CCc2c(Br)ccc([N+](=O)[O-])c2C1. The Morgan fingerprint density at radius 2 is 2.18 bits per heavy atom.